The van der Waals surface area contributed by atoms with Gasteiger partial charge in [-0.1, -0.05) is 36.4 Å². The Morgan fingerprint density at radius 3 is 2.85 bits per heavy atom. The highest BCUT2D eigenvalue weighted by molar-refractivity contribution is 5.79. The van der Waals surface area contributed by atoms with Gasteiger partial charge in [-0.25, -0.2) is 4.39 Å². The summed E-state index contributed by atoms with van der Waals surface area (Å²) < 4.78 is 13.4. The minimum absolute atomic E-state index is 0.0950. The normalized spacial score (nSPS) is 22.7. The third-order valence-electron chi connectivity index (χ3n) is 5.75. The zero-order valence-corrected chi connectivity index (χ0v) is 15.1. The van der Waals surface area contributed by atoms with Crippen LogP contribution in [0.4, 0.5) is 4.39 Å². The lowest BCUT2D eigenvalue weighted by molar-refractivity contribution is -0.921. The van der Waals surface area contributed by atoms with Gasteiger partial charge in [0.2, 0.25) is 5.91 Å². The van der Waals surface area contributed by atoms with E-state index in [-0.39, 0.29) is 11.7 Å². The Morgan fingerprint density at radius 1 is 1.15 bits per heavy atom. The van der Waals surface area contributed by atoms with E-state index in [1.807, 2.05) is 11.0 Å². The number of carbonyl (C=O) groups excluding carboxylic acids is 1. The first-order chi connectivity index (χ1) is 12.7. The monoisotopic (exact) mass is 353 g/mol. The smallest absolute Gasteiger partial charge is 0.231 e. The third-order valence-corrected chi connectivity index (χ3v) is 5.75. The molecule has 0 spiro atoms. The maximum atomic E-state index is 13.4. The molecule has 0 aromatic heterocycles. The van der Waals surface area contributed by atoms with E-state index in [2.05, 4.69) is 24.3 Å². The van der Waals surface area contributed by atoms with Crippen LogP contribution in [0.25, 0.3) is 0 Å². The molecule has 136 valence electrons. The topological polar surface area (TPSA) is 24.8 Å². The molecule has 2 aliphatic rings. The van der Waals surface area contributed by atoms with Crippen LogP contribution in [0.5, 0.6) is 0 Å². The average Bonchev–Trinajstić information content (AvgIpc) is 2.67. The van der Waals surface area contributed by atoms with Crippen molar-refractivity contribution in [3.63, 3.8) is 0 Å². The Morgan fingerprint density at radius 2 is 2.00 bits per heavy atom. The quantitative estimate of drug-likeness (QED) is 0.899. The largest absolute Gasteiger partial charge is 0.338 e. The fraction of sp³-hybridized carbons (Fsp3) is 0.409. The highest BCUT2D eigenvalue weighted by Gasteiger charge is 2.33. The van der Waals surface area contributed by atoms with Crippen molar-refractivity contribution >= 4 is 5.91 Å². The number of hydrogen-bond donors (Lipinski definition) is 1. The number of benzene rings is 2. The molecule has 1 N–H and O–H groups in total. The number of carbonyl (C=O) groups is 1. The molecule has 1 unspecified atom stereocenters. The Labute approximate surface area is 154 Å². The van der Waals surface area contributed by atoms with Gasteiger partial charge < -0.3 is 9.80 Å². The van der Waals surface area contributed by atoms with E-state index < -0.39 is 0 Å². The van der Waals surface area contributed by atoms with Crippen LogP contribution in [-0.2, 0) is 24.3 Å². The number of nitrogens with one attached hydrogen (secondary N) is 1. The van der Waals surface area contributed by atoms with Gasteiger partial charge in [0, 0.05) is 18.7 Å². The zero-order chi connectivity index (χ0) is 17.9. The predicted octanol–water partition coefficient (Wildman–Crippen LogP) is 2.21. The van der Waals surface area contributed by atoms with Crippen LogP contribution in [-0.4, -0.2) is 30.4 Å². The van der Waals surface area contributed by atoms with Gasteiger partial charge in [0.15, 0.2) is 0 Å². The lowest BCUT2D eigenvalue weighted by Crippen LogP contribution is -3.12. The predicted molar refractivity (Wildman–Crippen MR) is 99.1 cm³/mol. The van der Waals surface area contributed by atoms with Crippen LogP contribution in [0, 0.1) is 11.7 Å². The molecule has 3 nitrogen and oxygen atoms in total. The van der Waals surface area contributed by atoms with E-state index in [1.54, 1.807) is 12.1 Å². The number of halogens is 1. The molecule has 26 heavy (non-hydrogen) atoms. The standard InChI is InChI=1S/C22H25FN2O/c23-21-9-3-5-17(13-21)14-24-11-4-8-20(15-24)22(26)25-12-10-18-6-1-2-7-19(18)16-25/h1-3,5-7,9,13,20H,4,8,10-12,14-16H2/p+1/t20-/m0/s1. The van der Waals surface area contributed by atoms with Gasteiger partial charge >= 0.3 is 0 Å². The number of hydrogen-bond acceptors (Lipinski definition) is 1. The summed E-state index contributed by atoms with van der Waals surface area (Å²) in [5.74, 6) is 0.215. The molecule has 1 saturated heterocycles. The highest BCUT2D eigenvalue weighted by Crippen LogP contribution is 2.21. The van der Waals surface area contributed by atoms with Crippen molar-refractivity contribution in [2.24, 2.45) is 5.92 Å². The Bertz CT molecular complexity index is 791. The molecule has 2 heterocycles. The molecule has 4 rings (SSSR count). The van der Waals surface area contributed by atoms with Crippen molar-refractivity contribution in [2.75, 3.05) is 19.6 Å². The summed E-state index contributed by atoms with van der Waals surface area (Å²) in [5, 5.41) is 0. The van der Waals surface area contributed by atoms with Gasteiger partial charge in [-0.2, -0.15) is 0 Å². The van der Waals surface area contributed by atoms with E-state index in [1.165, 1.54) is 22.1 Å². The summed E-state index contributed by atoms with van der Waals surface area (Å²) in [4.78, 5) is 16.5. The summed E-state index contributed by atoms with van der Waals surface area (Å²) >= 11 is 0. The number of piperidine rings is 1. The molecule has 1 fully saturated rings. The van der Waals surface area contributed by atoms with Gasteiger partial charge in [-0.05, 0) is 42.5 Å². The van der Waals surface area contributed by atoms with Crippen LogP contribution >= 0.6 is 0 Å². The molecule has 2 aliphatic heterocycles. The fourth-order valence-electron chi connectivity index (χ4n) is 4.40. The maximum Gasteiger partial charge on any atom is 0.231 e. The zero-order valence-electron chi connectivity index (χ0n) is 15.1. The Balaban J connectivity index is 1.39. The molecule has 0 bridgehead atoms. The highest BCUT2D eigenvalue weighted by atomic mass is 19.1. The van der Waals surface area contributed by atoms with Gasteiger partial charge in [-0.3, -0.25) is 4.79 Å². The number of fused-ring (bicyclic) bond motifs is 1. The summed E-state index contributed by atoms with van der Waals surface area (Å²) in [7, 11) is 0. The molecular weight excluding hydrogens is 327 g/mol. The van der Waals surface area contributed by atoms with Gasteiger partial charge in [0.1, 0.15) is 12.4 Å². The Kier molecular flexibility index (Phi) is 5.02. The molecule has 2 atom stereocenters. The number of quaternary nitrogens is 1. The summed E-state index contributed by atoms with van der Waals surface area (Å²) in [5.41, 5.74) is 3.67. The molecule has 0 saturated carbocycles. The summed E-state index contributed by atoms with van der Waals surface area (Å²) in [6.07, 6.45) is 2.99. The van der Waals surface area contributed by atoms with Crippen molar-refractivity contribution < 1.29 is 14.1 Å². The minimum Gasteiger partial charge on any atom is -0.338 e. The number of likely N-dealkylation sites (tertiary alicyclic amines) is 1. The van der Waals surface area contributed by atoms with E-state index in [4.69, 9.17) is 0 Å². The Hall–Kier alpha value is -2.20. The molecule has 2 aromatic carbocycles. The molecule has 0 radical (unpaired) electrons. The van der Waals surface area contributed by atoms with Crippen molar-refractivity contribution in [1.82, 2.24) is 4.90 Å². The second-order valence-electron chi connectivity index (χ2n) is 7.63. The second-order valence-corrected chi connectivity index (χ2v) is 7.63. The van der Waals surface area contributed by atoms with E-state index in [9.17, 15) is 9.18 Å². The first kappa shape index (κ1) is 17.2. The van der Waals surface area contributed by atoms with Gasteiger partial charge in [0.05, 0.1) is 19.0 Å². The van der Waals surface area contributed by atoms with Crippen LogP contribution in [0.2, 0.25) is 0 Å². The number of nitrogens with zero attached hydrogens (tertiary/aromatic N) is 1. The maximum absolute atomic E-state index is 13.4. The van der Waals surface area contributed by atoms with E-state index >= 15 is 0 Å². The minimum atomic E-state index is -0.182. The summed E-state index contributed by atoms with van der Waals surface area (Å²) in [6, 6.07) is 15.3. The molecule has 2 aromatic rings. The van der Waals surface area contributed by atoms with Crippen molar-refractivity contribution in [3.05, 3.63) is 71.0 Å². The van der Waals surface area contributed by atoms with E-state index in [0.29, 0.717) is 5.91 Å². The van der Waals surface area contributed by atoms with Crippen LogP contribution < -0.4 is 4.90 Å². The lowest BCUT2D eigenvalue weighted by atomic mass is 9.93. The van der Waals surface area contributed by atoms with Crippen molar-refractivity contribution in [3.8, 4) is 0 Å². The molecule has 1 amide bonds. The number of amides is 1. The second kappa shape index (κ2) is 7.58. The number of rotatable bonds is 3. The van der Waals surface area contributed by atoms with E-state index in [0.717, 1.165) is 57.5 Å². The van der Waals surface area contributed by atoms with Crippen molar-refractivity contribution in [1.29, 1.82) is 0 Å². The molecular formula is C22H26FN2O+. The van der Waals surface area contributed by atoms with Crippen LogP contribution in [0.15, 0.2) is 48.5 Å². The average molecular weight is 353 g/mol. The third kappa shape index (κ3) is 3.80. The lowest BCUT2D eigenvalue weighted by Gasteiger charge is -2.35. The van der Waals surface area contributed by atoms with Crippen molar-refractivity contribution in [2.45, 2.75) is 32.4 Å². The van der Waals surface area contributed by atoms with Crippen LogP contribution in [0.1, 0.15) is 29.5 Å². The fourth-order valence-corrected chi connectivity index (χ4v) is 4.40. The first-order valence-corrected chi connectivity index (χ1v) is 9.62. The SMILES string of the molecule is O=C([C@H]1CCC[NH+](Cc2cccc(F)c2)C1)N1CCc2ccccc2C1. The van der Waals surface area contributed by atoms with Gasteiger partial charge in [0.25, 0.3) is 0 Å². The van der Waals surface area contributed by atoms with Crippen LogP contribution in [0.3, 0.4) is 0 Å². The van der Waals surface area contributed by atoms with Gasteiger partial charge in [-0.15, -0.1) is 0 Å². The first-order valence-electron chi connectivity index (χ1n) is 9.62. The molecule has 0 aliphatic carbocycles. The summed E-state index contributed by atoms with van der Waals surface area (Å²) in [6.45, 7) is 4.28. The molecule has 4 heteroatoms.